The quantitative estimate of drug-likeness (QED) is 0.756. The van der Waals surface area contributed by atoms with Crippen LogP contribution in [0.3, 0.4) is 0 Å². The van der Waals surface area contributed by atoms with Crippen LogP contribution in [0.2, 0.25) is 0 Å². The SMILES string of the molecule is CCCCc1c(C)oc(=O)c(C(=O)OC)c1C. The van der Waals surface area contributed by atoms with Gasteiger partial charge in [-0.3, -0.25) is 0 Å². The van der Waals surface area contributed by atoms with E-state index in [-0.39, 0.29) is 5.56 Å². The molecule has 0 aromatic carbocycles. The molecule has 0 saturated heterocycles. The second kappa shape index (κ2) is 5.66. The largest absolute Gasteiger partial charge is 0.465 e. The van der Waals surface area contributed by atoms with Gasteiger partial charge in [-0.05, 0) is 37.8 Å². The average Bonchev–Trinajstić information content (AvgIpc) is 2.28. The number of methoxy groups -OCH3 is 1. The van der Waals surface area contributed by atoms with Gasteiger partial charge in [0.05, 0.1) is 7.11 Å². The van der Waals surface area contributed by atoms with Gasteiger partial charge in [0.25, 0.3) is 0 Å². The minimum atomic E-state index is -0.631. The third-order valence-corrected chi connectivity index (χ3v) is 2.87. The number of hydrogen-bond donors (Lipinski definition) is 0. The highest BCUT2D eigenvalue weighted by Gasteiger charge is 2.20. The molecule has 17 heavy (non-hydrogen) atoms. The summed E-state index contributed by atoms with van der Waals surface area (Å²) in [4.78, 5) is 23.1. The summed E-state index contributed by atoms with van der Waals surface area (Å²) in [6.45, 7) is 5.60. The van der Waals surface area contributed by atoms with Crippen molar-refractivity contribution in [2.24, 2.45) is 0 Å². The first-order valence-corrected chi connectivity index (χ1v) is 5.74. The van der Waals surface area contributed by atoms with Gasteiger partial charge in [0.15, 0.2) is 0 Å². The zero-order valence-electron chi connectivity index (χ0n) is 10.8. The van der Waals surface area contributed by atoms with Crippen LogP contribution in [0, 0.1) is 13.8 Å². The minimum absolute atomic E-state index is 0.0178. The van der Waals surface area contributed by atoms with E-state index < -0.39 is 11.6 Å². The maximum absolute atomic E-state index is 11.6. The van der Waals surface area contributed by atoms with Crippen LogP contribution < -0.4 is 5.63 Å². The van der Waals surface area contributed by atoms with E-state index in [9.17, 15) is 9.59 Å². The monoisotopic (exact) mass is 238 g/mol. The molecule has 0 unspecified atom stereocenters. The standard InChI is InChI=1S/C13H18O4/c1-5-6-7-10-8(2)11(12(14)16-4)13(15)17-9(10)3/h5-7H2,1-4H3. The first kappa shape index (κ1) is 13.5. The number of ether oxygens (including phenoxy) is 1. The summed E-state index contributed by atoms with van der Waals surface area (Å²) in [5.41, 5.74) is 1.02. The fourth-order valence-corrected chi connectivity index (χ4v) is 1.88. The minimum Gasteiger partial charge on any atom is -0.465 e. The Hall–Kier alpha value is -1.58. The number of carbonyl (C=O) groups excluding carboxylic acids is 1. The van der Waals surface area contributed by atoms with Crippen LogP contribution in [0.25, 0.3) is 0 Å². The molecule has 0 amide bonds. The summed E-state index contributed by atoms with van der Waals surface area (Å²) in [6, 6.07) is 0. The Morgan fingerprint density at radius 2 is 2.00 bits per heavy atom. The number of esters is 1. The summed E-state index contributed by atoms with van der Waals surface area (Å²) in [5, 5.41) is 0. The van der Waals surface area contributed by atoms with E-state index in [0.717, 1.165) is 24.8 Å². The fourth-order valence-electron chi connectivity index (χ4n) is 1.88. The van der Waals surface area contributed by atoms with Gasteiger partial charge in [0, 0.05) is 0 Å². The van der Waals surface area contributed by atoms with Crippen molar-refractivity contribution in [3.8, 4) is 0 Å². The van der Waals surface area contributed by atoms with E-state index >= 15 is 0 Å². The molecule has 4 nitrogen and oxygen atoms in total. The van der Waals surface area contributed by atoms with Gasteiger partial charge in [-0.25, -0.2) is 9.59 Å². The Morgan fingerprint density at radius 3 is 2.53 bits per heavy atom. The molecule has 0 spiro atoms. The highest BCUT2D eigenvalue weighted by molar-refractivity contribution is 5.90. The maximum atomic E-state index is 11.6. The first-order valence-electron chi connectivity index (χ1n) is 5.74. The van der Waals surface area contributed by atoms with Gasteiger partial charge in [-0.15, -0.1) is 0 Å². The van der Waals surface area contributed by atoms with Crippen molar-refractivity contribution in [1.29, 1.82) is 0 Å². The third kappa shape index (κ3) is 2.75. The van der Waals surface area contributed by atoms with Crippen LogP contribution in [-0.2, 0) is 11.2 Å². The Balaban J connectivity index is 3.32. The zero-order valence-corrected chi connectivity index (χ0v) is 10.8. The predicted molar refractivity (Wildman–Crippen MR) is 64.4 cm³/mol. The Morgan fingerprint density at radius 1 is 1.35 bits per heavy atom. The van der Waals surface area contributed by atoms with E-state index in [1.165, 1.54) is 7.11 Å². The summed E-state index contributed by atoms with van der Waals surface area (Å²) in [7, 11) is 1.26. The first-order chi connectivity index (χ1) is 8.02. The number of rotatable bonds is 4. The number of aryl methyl sites for hydroxylation is 1. The van der Waals surface area contributed by atoms with Crippen LogP contribution in [0.15, 0.2) is 9.21 Å². The number of carbonyl (C=O) groups is 1. The molecule has 1 heterocycles. The van der Waals surface area contributed by atoms with Crippen molar-refractivity contribution in [1.82, 2.24) is 0 Å². The lowest BCUT2D eigenvalue weighted by atomic mass is 9.99. The second-order valence-corrected chi connectivity index (χ2v) is 4.02. The van der Waals surface area contributed by atoms with Crippen molar-refractivity contribution < 1.29 is 13.9 Å². The molecule has 0 fully saturated rings. The molecule has 1 aromatic rings. The van der Waals surface area contributed by atoms with E-state index in [1.54, 1.807) is 13.8 Å². The zero-order chi connectivity index (χ0) is 13.0. The van der Waals surface area contributed by atoms with Crippen molar-refractivity contribution in [2.45, 2.75) is 40.0 Å². The van der Waals surface area contributed by atoms with Gasteiger partial charge in [-0.2, -0.15) is 0 Å². The molecule has 4 heteroatoms. The van der Waals surface area contributed by atoms with Gasteiger partial charge in [0.1, 0.15) is 11.3 Å². The lowest BCUT2D eigenvalue weighted by Gasteiger charge is -2.10. The molecule has 1 rings (SSSR count). The second-order valence-electron chi connectivity index (χ2n) is 4.02. The van der Waals surface area contributed by atoms with E-state index in [2.05, 4.69) is 11.7 Å². The molecule has 0 aliphatic rings. The highest BCUT2D eigenvalue weighted by atomic mass is 16.5. The molecule has 0 atom stereocenters. The summed E-state index contributed by atoms with van der Waals surface area (Å²) in [6.07, 6.45) is 2.85. The van der Waals surface area contributed by atoms with Gasteiger partial charge in [0.2, 0.25) is 0 Å². The number of unbranched alkanes of at least 4 members (excludes halogenated alkanes) is 1. The van der Waals surface area contributed by atoms with Crippen molar-refractivity contribution in [3.05, 3.63) is 32.9 Å². The lowest BCUT2D eigenvalue weighted by Crippen LogP contribution is -2.20. The molecule has 0 saturated carbocycles. The van der Waals surface area contributed by atoms with E-state index in [1.807, 2.05) is 0 Å². The van der Waals surface area contributed by atoms with Crippen LogP contribution in [0.4, 0.5) is 0 Å². The third-order valence-electron chi connectivity index (χ3n) is 2.87. The van der Waals surface area contributed by atoms with Crippen LogP contribution in [0.1, 0.15) is 47.0 Å². The van der Waals surface area contributed by atoms with Crippen molar-refractivity contribution in [2.75, 3.05) is 7.11 Å². The fraction of sp³-hybridized carbons (Fsp3) is 0.538. The van der Waals surface area contributed by atoms with Gasteiger partial charge < -0.3 is 9.15 Å². The van der Waals surface area contributed by atoms with Crippen LogP contribution in [-0.4, -0.2) is 13.1 Å². The summed E-state index contributed by atoms with van der Waals surface area (Å²) >= 11 is 0. The van der Waals surface area contributed by atoms with Crippen molar-refractivity contribution in [3.63, 3.8) is 0 Å². The molecule has 1 aromatic heterocycles. The molecule has 0 N–H and O–H groups in total. The Bertz CT molecular complexity index is 471. The smallest absolute Gasteiger partial charge is 0.350 e. The molecule has 94 valence electrons. The van der Waals surface area contributed by atoms with E-state index in [4.69, 9.17) is 4.42 Å². The molecule has 0 aliphatic carbocycles. The highest BCUT2D eigenvalue weighted by Crippen LogP contribution is 2.18. The van der Waals surface area contributed by atoms with Crippen LogP contribution >= 0.6 is 0 Å². The topological polar surface area (TPSA) is 56.5 Å². The molecule has 0 radical (unpaired) electrons. The van der Waals surface area contributed by atoms with Crippen LogP contribution in [0.5, 0.6) is 0 Å². The molecular weight excluding hydrogens is 220 g/mol. The summed E-state index contributed by atoms with van der Waals surface area (Å²) in [5.74, 6) is -0.0393. The maximum Gasteiger partial charge on any atom is 0.350 e. The van der Waals surface area contributed by atoms with E-state index in [0.29, 0.717) is 11.3 Å². The normalized spacial score (nSPS) is 10.4. The average molecular weight is 238 g/mol. The Kier molecular flexibility index (Phi) is 4.49. The van der Waals surface area contributed by atoms with Crippen molar-refractivity contribution >= 4 is 5.97 Å². The Labute approximate surface area is 101 Å². The van der Waals surface area contributed by atoms with Gasteiger partial charge >= 0.3 is 11.6 Å². The molecular formula is C13H18O4. The molecule has 0 aliphatic heterocycles. The lowest BCUT2D eigenvalue weighted by molar-refractivity contribution is 0.0594. The number of hydrogen-bond acceptors (Lipinski definition) is 4. The summed E-state index contributed by atoms with van der Waals surface area (Å²) < 4.78 is 9.68. The van der Waals surface area contributed by atoms with Gasteiger partial charge in [-0.1, -0.05) is 13.3 Å². The predicted octanol–water partition coefficient (Wildman–Crippen LogP) is 2.39. The molecule has 0 bridgehead atoms.